The average molecular weight is 875 g/mol. The van der Waals surface area contributed by atoms with Crippen molar-refractivity contribution in [1.82, 2.24) is 4.57 Å². The second-order valence-electron chi connectivity index (χ2n) is 17.1. The van der Waals surface area contributed by atoms with E-state index >= 15 is 0 Å². The number of para-hydroxylation sites is 6. The summed E-state index contributed by atoms with van der Waals surface area (Å²) in [7, 11) is 0. The first-order valence-electron chi connectivity index (χ1n) is 26.4. The van der Waals surface area contributed by atoms with Gasteiger partial charge in [0, 0.05) is 50.6 Å². The Labute approximate surface area is 406 Å². The van der Waals surface area contributed by atoms with Crippen molar-refractivity contribution < 1.29 is 9.60 Å². The van der Waals surface area contributed by atoms with Crippen LogP contribution in [0.1, 0.15) is 31.8 Å². The summed E-state index contributed by atoms with van der Waals surface area (Å²) in [4.78, 5) is 4.44. The van der Waals surface area contributed by atoms with E-state index in [2.05, 4.69) is 136 Å². The molecule has 1 aliphatic carbocycles. The summed E-state index contributed by atoms with van der Waals surface area (Å²) in [5.41, 5.74) is 10.9. The SMILES string of the molecule is [2H]c1c([2H])c([2H])c2c(C3(c4cccc5c4c4ccccc4n5-c4ccccc4)c4ccc(N(c5ccccc5)c5ccccc5)cc4-c4cc(N(c5ccccc5)c5ccccc5)ccc43)c([2H])c([2H])c([2H])c2c1[2H]. The van der Waals surface area contributed by atoms with Gasteiger partial charge in [0.15, 0.2) is 0 Å². The number of anilines is 6. The Morgan fingerprint density at radius 1 is 0.338 bits per heavy atom. The standard InChI is InChI=1S/C65H45N3/c1-6-24-47(25-7-1)66(48-26-8-2-9-27-48)52-40-42-59-56(44-52)57-45-53(67(49-28-10-3-11-29-49)50-30-12-4-13-31-50)41-43-60(57)65(59,58-36-20-23-46-22-16-17-34-54(46)58)61-37-21-39-63-64(61)55-35-18-19-38-62(55)68(63)51-32-14-5-15-33-51/h1-45H/i16D,17D,20D,22D,23D,34D,36D. The van der Waals surface area contributed by atoms with E-state index in [-0.39, 0.29) is 28.4 Å². The fourth-order valence-corrected chi connectivity index (χ4v) is 10.8. The number of nitrogens with zero attached hydrogens (tertiary/aromatic N) is 3. The van der Waals surface area contributed by atoms with E-state index in [4.69, 9.17) is 1.37 Å². The number of aromatic nitrogens is 1. The van der Waals surface area contributed by atoms with Gasteiger partial charge in [0.2, 0.25) is 0 Å². The average Bonchev–Trinajstić information content (AvgIpc) is 4.18. The van der Waals surface area contributed by atoms with Gasteiger partial charge in [-0.3, -0.25) is 0 Å². The first-order chi connectivity index (χ1) is 36.7. The van der Waals surface area contributed by atoms with Gasteiger partial charge >= 0.3 is 0 Å². The van der Waals surface area contributed by atoms with Crippen LogP contribution in [0.25, 0.3) is 49.4 Å². The van der Waals surface area contributed by atoms with Crippen LogP contribution in [-0.4, -0.2) is 4.57 Å². The molecule has 12 aromatic rings. The van der Waals surface area contributed by atoms with Crippen LogP contribution in [0.3, 0.4) is 0 Å². The van der Waals surface area contributed by atoms with Crippen LogP contribution in [0.2, 0.25) is 0 Å². The zero-order chi connectivity index (χ0) is 51.1. The molecule has 1 aliphatic rings. The summed E-state index contributed by atoms with van der Waals surface area (Å²) in [5, 5.41) is 1.75. The molecule has 0 bridgehead atoms. The summed E-state index contributed by atoms with van der Waals surface area (Å²) in [6.07, 6.45) is 0. The molecule has 1 aromatic heterocycles. The number of rotatable bonds is 9. The van der Waals surface area contributed by atoms with Crippen LogP contribution in [0.4, 0.5) is 34.1 Å². The van der Waals surface area contributed by atoms with Crippen LogP contribution in [0.5, 0.6) is 0 Å². The van der Waals surface area contributed by atoms with Gasteiger partial charge < -0.3 is 14.4 Å². The molecule has 0 unspecified atom stereocenters. The molecule has 0 radical (unpaired) electrons. The van der Waals surface area contributed by atoms with E-state index in [0.29, 0.717) is 0 Å². The van der Waals surface area contributed by atoms with Crippen LogP contribution >= 0.6 is 0 Å². The molecule has 1 heterocycles. The van der Waals surface area contributed by atoms with Crippen molar-refractivity contribution >= 4 is 66.7 Å². The molecule has 3 nitrogen and oxygen atoms in total. The Balaban J connectivity index is 1.25. The maximum absolute atomic E-state index is 10.3. The smallest absolute Gasteiger partial charge is 0.0726 e. The highest BCUT2D eigenvalue weighted by Gasteiger charge is 2.49. The normalized spacial score (nSPS) is 14.0. The number of hydrogen-bond acceptors (Lipinski definition) is 2. The van der Waals surface area contributed by atoms with E-state index in [1.54, 1.807) is 0 Å². The third kappa shape index (κ3) is 6.13. The summed E-state index contributed by atoms with van der Waals surface area (Å²) >= 11 is 0. The largest absolute Gasteiger partial charge is 0.310 e. The van der Waals surface area contributed by atoms with Crippen LogP contribution < -0.4 is 9.80 Å². The minimum Gasteiger partial charge on any atom is -0.310 e. The number of benzene rings is 11. The van der Waals surface area contributed by atoms with Gasteiger partial charge in [-0.15, -0.1) is 0 Å². The minimum absolute atomic E-state index is 0.0353. The predicted octanol–water partition coefficient (Wildman–Crippen LogP) is 17.2. The lowest BCUT2D eigenvalue weighted by Crippen LogP contribution is -2.29. The van der Waals surface area contributed by atoms with Gasteiger partial charge in [0.25, 0.3) is 0 Å². The number of fused-ring (bicyclic) bond motifs is 7. The van der Waals surface area contributed by atoms with Gasteiger partial charge in [-0.05, 0) is 141 Å². The molecule has 0 atom stereocenters. The minimum atomic E-state index is -1.54. The molecule has 0 spiro atoms. The fraction of sp³-hybridized carbons (Fsp3) is 0.0154. The molecule has 0 amide bonds. The molecule has 3 heteroatoms. The lowest BCUT2D eigenvalue weighted by atomic mass is 9.65. The topological polar surface area (TPSA) is 11.4 Å². The fourth-order valence-electron chi connectivity index (χ4n) is 10.8. The molecule has 0 aliphatic heterocycles. The van der Waals surface area contributed by atoms with Crippen molar-refractivity contribution in [3.63, 3.8) is 0 Å². The summed E-state index contributed by atoms with van der Waals surface area (Å²) in [6, 6.07) is 75.5. The highest BCUT2D eigenvalue weighted by atomic mass is 15.1. The Hall–Kier alpha value is -8.92. The second kappa shape index (κ2) is 16.2. The molecular weight excluding hydrogens is 823 g/mol. The second-order valence-corrected chi connectivity index (χ2v) is 17.1. The van der Waals surface area contributed by atoms with Gasteiger partial charge in [0.1, 0.15) is 0 Å². The monoisotopic (exact) mass is 874 g/mol. The molecule has 0 saturated heterocycles. The molecule has 0 N–H and O–H groups in total. The van der Waals surface area contributed by atoms with Crippen molar-refractivity contribution in [1.29, 1.82) is 0 Å². The number of hydrogen-bond donors (Lipinski definition) is 0. The van der Waals surface area contributed by atoms with Crippen molar-refractivity contribution in [2.45, 2.75) is 5.41 Å². The molecule has 320 valence electrons. The van der Waals surface area contributed by atoms with Crippen molar-refractivity contribution in [2.75, 3.05) is 9.80 Å². The Bertz CT molecular complexity index is 3990. The van der Waals surface area contributed by atoms with Crippen LogP contribution in [-0.2, 0) is 5.41 Å². The van der Waals surface area contributed by atoms with E-state index in [0.717, 1.165) is 89.4 Å². The van der Waals surface area contributed by atoms with Crippen molar-refractivity contribution in [3.05, 3.63) is 295 Å². The lowest BCUT2D eigenvalue weighted by molar-refractivity contribution is 0.785. The quantitative estimate of drug-likeness (QED) is 0.143. The summed E-state index contributed by atoms with van der Waals surface area (Å²) in [6.45, 7) is 0. The zero-order valence-corrected chi connectivity index (χ0v) is 36.8. The molecule has 13 rings (SSSR count). The van der Waals surface area contributed by atoms with Gasteiger partial charge in [-0.1, -0.05) is 176 Å². The Morgan fingerprint density at radius 2 is 0.809 bits per heavy atom. The predicted molar refractivity (Wildman–Crippen MR) is 285 cm³/mol. The van der Waals surface area contributed by atoms with Gasteiger partial charge in [-0.2, -0.15) is 0 Å². The van der Waals surface area contributed by atoms with Crippen molar-refractivity contribution in [2.24, 2.45) is 0 Å². The zero-order valence-electron chi connectivity index (χ0n) is 43.8. The van der Waals surface area contributed by atoms with E-state index in [1.807, 2.05) is 109 Å². The molecule has 0 saturated carbocycles. The molecule has 68 heavy (non-hydrogen) atoms. The van der Waals surface area contributed by atoms with E-state index in [9.17, 15) is 8.22 Å². The molecular formula is C65H45N3. The third-order valence-corrected chi connectivity index (χ3v) is 13.5. The first-order valence-corrected chi connectivity index (χ1v) is 22.9. The maximum atomic E-state index is 10.3. The van der Waals surface area contributed by atoms with Gasteiger partial charge in [0.05, 0.1) is 26.0 Å². The van der Waals surface area contributed by atoms with Crippen LogP contribution in [0, 0.1) is 0 Å². The first kappa shape index (κ1) is 32.7. The Morgan fingerprint density at radius 3 is 1.37 bits per heavy atom. The van der Waals surface area contributed by atoms with E-state index in [1.165, 1.54) is 0 Å². The summed E-state index contributed by atoms with van der Waals surface area (Å²) in [5.74, 6) is 0. The summed E-state index contributed by atoms with van der Waals surface area (Å²) < 4.78 is 69.0. The third-order valence-electron chi connectivity index (χ3n) is 13.5. The van der Waals surface area contributed by atoms with E-state index < -0.39 is 35.6 Å². The maximum Gasteiger partial charge on any atom is 0.0726 e. The molecule has 0 fully saturated rings. The van der Waals surface area contributed by atoms with Crippen LogP contribution in [0.15, 0.2) is 273 Å². The highest BCUT2D eigenvalue weighted by Crippen LogP contribution is 2.61. The molecule has 11 aromatic carbocycles. The highest BCUT2D eigenvalue weighted by molar-refractivity contribution is 6.13. The Kier molecular flexibility index (Phi) is 7.79. The lowest BCUT2D eigenvalue weighted by Gasteiger charge is -2.36. The van der Waals surface area contributed by atoms with Gasteiger partial charge in [-0.25, -0.2) is 0 Å². The van der Waals surface area contributed by atoms with Crippen molar-refractivity contribution in [3.8, 4) is 16.8 Å².